The van der Waals surface area contributed by atoms with Crippen LogP contribution >= 0.6 is 0 Å². The molecule has 0 radical (unpaired) electrons. The highest BCUT2D eigenvalue weighted by Gasteiger charge is 2.37. The second kappa shape index (κ2) is 6.51. The van der Waals surface area contributed by atoms with Crippen LogP contribution in [0.4, 0.5) is 0 Å². The molecule has 2 rings (SSSR count). The van der Waals surface area contributed by atoms with Crippen molar-refractivity contribution >= 4 is 5.78 Å². The predicted octanol–water partition coefficient (Wildman–Crippen LogP) is 4.11. The minimum Gasteiger partial charge on any atom is -0.377 e. The van der Waals surface area contributed by atoms with Gasteiger partial charge >= 0.3 is 0 Å². The van der Waals surface area contributed by atoms with Gasteiger partial charge in [0.05, 0.1) is 0 Å². The second-order valence-corrected chi connectivity index (χ2v) is 5.41. The van der Waals surface area contributed by atoms with Gasteiger partial charge in [-0.05, 0) is 19.4 Å². The van der Waals surface area contributed by atoms with Crippen LogP contribution in [0.15, 0.2) is 72.3 Å². The van der Waals surface area contributed by atoms with E-state index < -0.39 is 5.60 Å². The third-order valence-corrected chi connectivity index (χ3v) is 3.47. The zero-order valence-corrected chi connectivity index (χ0v) is 12.4. The van der Waals surface area contributed by atoms with Gasteiger partial charge in [0.15, 0.2) is 11.4 Å². The molecule has 1 atom stereocenters. The zero-order valence-electron chi connectivity index (χ0n) is 12.4. The lowest BCUT2D eigenvalue weighted by atomic mass is 9.83. The maximum atomic E-state index is 12.8. The Morgan fingerprint density at radius 3 is 2.05 bits per heavy atom. The third kappa shape index (κ3) is 3.47. The van der Waals surface area contributed by atoms with E-state index in [2.05, 4.69) is 0 Å². The van der Waals surface area contributed by atoms with E-state index >= 15 is 0 Å². The molecule has 0 spiro atoms. The Hall–Kier alpha value is -2.19. The summed E-state index contributed by atoms with van der Waals surface area (Å²) in [4.78, 5) is 12.8. The number of benzene rings is 2. The number of carbonyl (C=O) groups excluding carboxylic acids is 1. The third-order valence-electron chi connectivity index (χ3n) is 3.47. The fourth-order valence-corrected chi connectivity index (χ4v) is 2.24. The molecule has 0 aliphatic rings. The molecule has 2 aromatic rings. The van der Waals surface area contributed by atoms with E-state index in [4.69, 9.17) is 0 Å². The van der Waals surface area contributed by atoms with Crippen molar-refractivity contribution in [3.8, 4) is 0 Å². The Kier molecular flexibility index (Phi) is 4.71. The minimum absolute atomic E-state index is 0.271. The van der Waals surface area contributed by atoms with Gasteiger partial charge in [0.2, 0.25) is 0 Å². The van der Waals surface area contributed by atoms with Crippen molar-refractivity contribution in [2.75, 3.05) is 0 Å². The highest BCUT2D eigenvalue weighted by Crippen LogP contribution is 2.30. The first-order chi connectivity index (χ1) is 10.0. The summed E-state index contributed by atoms with van der Waals surface area (Å²) in [5, 5.41) is 11.1. The van der Waals surface area contributed by atoms with Crippen LogP contribution in [-0.4, -0.2) is 10.9 Å². The standard InChI is InChI=1S/C19H20O2/c1-15(2)13-14-19(21,17-11-7-4-8-12-17)18(20)16-9-5-3-6-10-16/h3-13,21H,14H2,1-2H3. The van der Waals surface area contributed by atoms with E-state index in [1.54, 1.807) is 36.4 Å². The van der Waals surface area contributed by atoms with E-state index in [9.17, 15) is 9.90 Å². The lowest BCUT2D eigenvalue weighted by Crippen LogP contribution is -2.35. The maximum absolute atomic E-state index is 12.8. The molecule has 0 aromatic heterocycles. The van der Waals surface area contributed by atoms with E-state index in [-0.39, 0.29) is 12.2 Å². The molecule has 0 heterocycles. The summed E-state index contributed by atoms with van der Waals surface area (Å²) in [6, 6.07) is 18.1. The zero-order chi connectivity index (χ0) is 15.3. The summed E-state index contributed by atoms with van der Waals surface area (Å²) in [6.07, 6.45) is 2.17. The maximum Gasteiger partial charge on any atom is 0.199 e. The molecule has 21 heavy (non-hydrogen) atoms. The molecule has 0 fully saturated rings. The van der Waals surface area contributed by atoms with Crippen LogP contribution in [0.3, 0.4) is 0 Å². The van der Waals surface area contributed by atoms with Crippen LogP contribution in [0.25, 0.3) is 0 Å². The van der Waals surface area contributed by atoms with Crippen molar-refractivity contribution in [1.29, 1.82) is 0 Å². The van der Waals surface area contributed by atoms with Crippen molar-refractivity contribution in [2.45, 2.75) is 25.9 Å². The Balaban J connectivity index is 2.46. The van der Waals surface area contributed by atoms with Gasteiger partial charge in [-0.15, -0.1) is 0 Å². The molecule has 0 bridgehead atoms. The molecule has 1 unspecified atom stereocenters. The summed E-state index contributed by atoms with van der Waals surface area (Å²) in [7, 11) is 0. The van der Waals surface area contributed by atoms with Gasteiger partial charge in [-0.25, -0.2) is 0 Å². The Labute approximate surface area is 125 Å². The van der Waals surface area contributed by atoms with E-state index in [1.165, 1.54) is 0 Å². The van der Waals surface area contributed by atoms with Crippen LogP contribution < -0.4 is 0 Å². The Bertz CT molecular complexity index is 625. The first kappa shape index (κ1) is 15.2. The molecule has 2 heteroatoms. The minimum atomic E-state index is -1.53. The lowest BCUT2D eigenvalue weighted by Gasteiger charge is -2.26. The summed E-state index contributed by atoms with van der Waals surface area (Å²) in [5.41, 5.74) is 0.687. The van der Waals surface area contributed by atoms with Gasteiger partial charge in [-0.2, -0.15) is 0 Å². The molecule has 0 aliphatic carbocycles. The average molecular weight is 280 g/mol. The number of ketones is 1. The normalized spacial score (nSPS) is 13.3. The van der Waals surface area contributed by atoms with Gasteiger partial charge in [0.1, 0.15) is 0 Å². The second-order valence-electron chi connectivity index (χ2n) is 5.41. The molecule has 2 nitrogen and oxygen atoms in total. The van der Waals surface area contributed by atoms with Crippen molar-refractivity contribution in [2.24, 2.45) is 0 Å². The van der Waals surface area contributed by atoms with Crippen LogP contribution in [0.2, 0.25) is 0 Å². The SMILES string of the molecule is CC(C)=CCC(O)(C(=O)c1ccccc1)c1ccccc1. The topological polar surface area (TPSA) is 37.3 Å². The number of rotatable bonds is 5. The van der Waals surface area contributed by atoms with Gasteiger partial charge in [-0.3, -0.25) is 4.79 Å². The largest absolute Gasteiger partial charge is 0.377 e. The van der Waals surface area contributed by atoms with Gasteiger partial charge < -0.3 is 5.11 Å². The van der Waals surface area contributed by atoms with E-state index in [0.29, 0.717) is 11.1 Å². The quantitative estimate of drug-likeness (QED) is 0.661. The predicted molar refractivity (Wildman–Crippen MR) is 85.2 cm³/mol. The molecule has 0 amide bonds. The van der Waals surface area contributed by atoms with E-state index in [0.717, 1.165) is 5.57 Å². The monoisotopic (exact) mass is 280 g/mol. The molecular formula is C19H20O2. The summed E-state index contributed by atoms with van der Waals surface area (Å²) in [6.45, 7) is 3.91. The molecule has 0 saturated heterocycles. The average Bonchev–Trinajstić information content (AvgIpc) is 2.53. The van der Waals surface area contributed by atoms with Gasteiger partial charge in [0, 0.05) is 12.0 Å². The molecule has 2 aromatic carbocycles. The molecule has 1 N–H and O–H groups in total. The van der Waals surface area contributed by atoms with Gasteiger partial charge in [-0.1, -0.05) is 72.3 Å². The van der Waals surface area contributed by atoms with Gasteiger partial charge in [0.25, 0.3) is 0 Å². The fraction of sp³-hybridized carbons (Fsp3) is 0.211. The number of hydrogen-bond acceptors (Lipinski definition) is 2. The highest BCUT2D eigenvalue weighted by molar-refractivity contribution is 6.02. The van der Waals surface area contributed by atoms with Crippen molar-refractivity contribution < 1.29 is 9.90 Å². The number of carbonyl (C=O) groups is 1. The fourth-order valence-electron chi connectivity index (χ4n) is 2.24. The van der Waals surface area contributed by atoms with Crippen LogP contribution in [0.1, 0.15) is 36.2 Å². The first-order valence-electron chi connectivity index (χ1n) is 7.05. The molecular weight excluding hydrogens is 260 g/mol. The molecule has 0 saturated carbocycles. The summed E-state index contributed by atoms with van der Waals surface area (Å²) in [5.74, 6) is -0.271. The first-order valence-corrected chi connectivity index (χ1v) is 7.05. The Morgan fingerprint density at radius 1 is 1.00 bits per heavy atom. The molecule has 0 aliphatic heterocycles. The van der Waals surface area contributed by atoms with Crippen LogP contribution in [0.5, 0.6) is 0 Å². The highest BCUT2D eigenvalue weighted by atomic mass is 16.3. The smallest absolute Gasteiger partial charge is 0.199 e. The summed E-state index contributed by atoms with van der Waals surface area (Å²) < 4.78 is 0. The van der Waals surface area contributed by atoms with Crippen molar-refractivity contribution in [3.63, 3.8) is 0 Å². The molecule has 108 valence electrons. The van der Waals surface area contributed by atoms with Crippen molar-refractivity contribution in [3.05, 3.63) is 83.4 Å². The lowest BCUT2D eigenvalue weighted by molar-refractivity contribution is 0.0312. The van der Waals surface area contributed by atoms with Crippen molar-refractivity contribution in [1.82, 2.24) is 0 Å². The number of hydrogen-bond donors (Lipinski definition) is 1. The number of allylic oxidation sites excluding steroid dienone is 1. The summed E-state index contributed by atoms with van der Waals surface area (Å²) >= 11 is 0. The number of aliphatic hydroxyl groups is 1. The van der Waals surface area contributed by atoms with Crippen LogP contribution in [-0.2, 0) is 5.60 Å². The van der Waals surface area contributed by atoms with Crippen LogP contribution in [0, 0.1) is 0 Å². The van der Waals surface area contributed by atoms with E-state index in [1.807, 2.05) is 44.2 Å². The number of Topliss-reactive ketones (excluding diaryl/α,β-unsaturated/α-hetero) is 1. The Morgan fingerprint density at radius 2 is 1.52 bits per heavy atom.